The van der Waals surface area contributed by atoms with Gasteiger partial charge < -0.3 is 9.30 Å². The molecule has 0 fully saturated rings. The van der Waals surface area contributed by atoms with Crippen LogP contribution in [0.15, 0.2) is 237 Å². The molecule has 0 saturated carbocycles. The van der Waals surface area contributed by atoms with Crippen molar-refractivity contribution in [3.8, 4) is 78.9 Å². The van der Waals surface area contributed by atoms with Crippen molar-refractivity contribution in [3.63, 3.8) is 0 Å². The summed E-state index contributed by atoms with van der Waals surface area (Å²) in [5, 5.41) is 3.09. The summed E-state index contributed by atoms with van der Waals surface area (Å²) in [4.78, 5) is 4.84. The molecule has 0 atom stereocenters. The van der Waals surface area contributed by atoms with Crippen molar-refractivity contribution in [3.05, 3.63) is 253 Å². The van der Waals surface area contributed by atoms with Crippen LogP contribution in [0.3, 0.4) is 0 Å². The minimum absolute atomic E-state index is 0.0255. The van der Waals surface area contributed by atoms with E-state index in [2.05, 4.69) is 25.3 Å². The topological polar surface area (TPSA) is 40.8 Å². The van der Waals surface area contributed by atoms with Gasteiger partial charge in [-0.3, -0.25) is 4.57 Å². The van der Waals surface area contributed by atoms with Gasteiger partial charge >= 0.3 is 0 Å². The number of fused-ring (bicyclic) bond motifs is 14. The molecule has 1 aliphatic heterocycles. The molecule has 0 bridgehead atoms. The largest absolute Gasteiger partial charge is 0.457 e. The van der Waals surface area contributed by atoms with Gasteiger partial charge in [0.15, 0.2) is 11.0 Å². The lowest BCUT2D eigenvalue weighted by atomic mass is 9.63. The second kappa shape index (κ2) is 18.4. The molecular weight excluding hydrogens is 1020 g/mol. The van der Waals surface area contributed by atoms with E-state index in [1.807, 2.05) is 54.6 Å². The second-order valence-electron chi connectivity index (χ2n) is 22.3. The highest BCUT2D eigenvalue weighted by Crippen LogP contribution is 2.50. The van der Waals surface area contributed by atoms with Crippen LogP contribution < -0.4 is 9.30 Å². The molecule has 0 unspecified atom stereocenters. The van der Waals surface area contributed by atoms with E-state index in [1.165, 1.54) is 29.1 Å². The van der Waals surface area contributed by atoms with Gasteiger partial charge in [0, 0.05) is 84.2 Å². The van der Waals surface area contributed by atoms with Crippen LogP contribution in [-0.2, 0) is 16.2 Å². The number of rotatable bonds is 6. The molecule has 0 amide bonds. The van der Waals surface area contributed by atoms with Gasteiger partial charge in [0.2, 0.25) is 0 Å². The lowest BCUT2D eigenvalue weighted by Crippen LogP contribution is -2.34. The first-order valence-electron chi connectivity index (χ1n) is 40.8. The van der Waals surface area contributed by atoms with E-state index in [-0.39, 0.29) is 44.6 Å². The molecule has 406 valence electrons. The number of ether oxygens (including phenoxy) is 1. The predicted molar refractivity (Wildman–Crippen MR) is 347 cm³/mol. The van der Waals surface area contributed by atoms with Crippen molar-refractivity contribution >= 4 is 54.6 Å². The van der Waals surface area contributed by atoms with Gasteiger partial charge in [-0.1, -0.05) is 181 Å². The SMILES string of the molecule is [2H]c1c([2H])c([2H])c2c(c1[2H])-c1cc(-n3c4ccccc4c4ccccc43)cc(-c3c([2H])c([2H])c4c(c3[2H])C(C([2H])([2H])[2H])(C([2H])([2H])[2H])C([2H])([2H])C([2H])([2H])C4(C([2H])([2H])[2H])C([2H])([2H])[2H])c1-[n+]1cn(-c3cccc(Oc4ccc5c6ccccc6n(-c6cc(C(C)(C)C)ccn6)c5c4)c3)c3cccc(c31)-c1c([2H])c([2H])c([2H])c([2H])c1-2. The van der Waals surface area contributed by atoms with Crippen LogP contribution in [-0.4, -0.2) is 18.7 Å². The number of imidazole rings is 1. The molecule has 16 rings (SSSR count). The molecule has 6 heteroatoms. The number of benzene rings is 10. The number of hydrogen-bond acceptors (Lipinski definition) is 2. The van der Waals surface area contributed by atoms with Crippen molar-refractivity contribution in [2.45, 2.75) is 77.2 Å². The highest BCUT2D eigenvalue weighted by molar-refractivity contribution is 6.11. The van der Waals surface area contributed by atoms with Gasteiger partial charge in [-0.05, 0) is 152 Å². The molecule has 0 N–H and O–H groups in total. The number of pyridine rings is 1. The van der Waals surface area contributed by atoms with Gasteiger partial charge in [0.25, 0.3) is 6.33 Å². The maximum absolute atomic E-state index is 10.9. The van der Waals surface area contributed by atoms with E-state index in [1.54, 1.807) is 100 Å². The van der Waals surface area contributed by atoms with Gasteiger partial charge in [0.1, 0.15) is 28.7 Å². The molecule has 5 heterocycles. The first kappa shape index (κ1) is 29.5. The maximum Gasteiger partial charge on any atom is 0.255 e. The minimum Gasteiger partial charge on any atom is -0.457 e. The summed E-state index contributed by atoms with van der Waals surface area (Å²) >= 11 is 0. The fraction of sp³-hybridized carbons (Fsp3) is 0.154. The third kappa shape index (κ3) is 7.69. The Morgan fingerprint density at radius 1 is 0.512 bits per heavy atom. The number of aromatic nitrogens is 5. The van der Waals surface area contributed by atoms with E-state index in [9.17, 15) is 28.8 Å². The van der Waals surface area contributed by atoms with Crippen LogP contribution >= 0.6 is 0 Å². The van der Waals surface area contributed by atoms with E-state index in [0.717, 1.165) is 27.4 Å². The summed E-state index contributed by atoms with van der Waals surface area (Å²) in [6.45, 7) is -11.4. The Hall–Kier alpha value is -9.78. The van der Waals surface area contributed by atoms with E-state index in [0.29, 0.717) is 39.1 Å². The summed E-state index contributed by atoms with van der Waals surface area (Å²) < 4.78 is 273. The summed E-state index contributed by atoms with van der Waals surface area (Å²) in [5.41, 5.74) is -13.0. The Balaban J connectivity index is 1.09. The van der Waals surface area contributed by atoms with Crippen LogP contribution in [0.5, 0.6) is 11.5 Å². The van der Waals surface area contributed by atoms with E-state index >= 15 is 0 Å². The first-order chi connectivity index (χ1) is 51.9. The van der Waals surface area contributed by atoms with Crippen molar-refractivity contribution in [1.82, 2.24) is 18.7 Å². The quantitative estimate of drug-likeness (QED) is 0.156. The molecule has 6 nitrogen and oxygen atoms in total. The second-order valence-corrected chi connectivity index (χ2v) is 22.3. The maximum atomic E-state index is 10.9. The Bertz CT molecular complexity index is 6330. The Kier molecular flexibility index (Phi) is 6.44. The minimum atomic E-state index is -4.73. The molecule has 2 aliphatic rings. The lowest BCUT2D eigenvalue weighted by molar-refractivity contribution is -0.566. The fourth-order valence-electron chi connectivity index (χ4n) is 12.3. The molecule has 0 radical (unpaired) electrons. The van der Waals surface area contributed by atoms with Gasteiger partial charge in [-0.2, -0.15) is 9.13 Å². The molecule has 1 aliphatic carbocycles. The highest BCUT2D eigenvalue weighted by Gasteiger charge is 2.38. The van der Waals surface area contributed by atoms with Crippen LogP contribution in [0, 0.1) is 0 Å². The van der Waals surface area contributed by atoms with Gasteiger partial charge in [0.05, 0.1) is 37.1 Å². The number of nitrogens with zero attached hydrogens (tertiary/aromatic N) is 5. The molecule has 14 aromatic rings. The van der Waals surface area contributed by atoms with Crippen LogP contribution in [0.25, 0.3) is 122 Å². The molecule has 0 saturated heterocycles. The van der Waals surface area contributed by atoms with Crippen molar-refractivity contribution < 1.29 is 46.3 Å². The molecular formula is C78H64N5O+. The van der Waals surface area contributed by atoms with Gasteiger partial charge in [-0.25, -0.2) is 4.98 Å². The smallest absolute Gasteiger partial charge is 0.255 e. The summed E-state index contributed by atoms with van der Waals surface area (Å²) in [6.07, 6.45) is -6.17. The van der Waals surface area contributed by atoms with E-state index in [4.69, 9.17) is 17.9 Å². The third-order valence-corrected chi connectivity index (χ3v) is 16.2. The predicted octanol–water partition coefficient (Wildman–Crippen LogP) is 19.9. The third-order valence-electron chi connectivity index (χ3n) is 16.2. The van der Waals surface area contributed by atoms with Crippen molar-refractivity contribution in [2.75, 3.05) is 0 Å². The van der Waals surface area contributed by atoms with Crippen LogP contribution in [0.1, 0.15) is 115 Å². The highest BCUT2D eigenvalue weighted by atomic mass is 16.5. The van der Waals surface area contributed by atoms with Gasteiger partial charge in [-0.15, -0.1) is 0 Å². The molecule has 4 aromatic heterocycles. The summed E-state index contributed by atoms with van der Waals surface area (Å²) in [6, 6.07) is 34.7. The summed E-state index contributed by atoms with van der Waals surface area (Å²) in [7, 11) is 0. The van der Waals surface area contributed by atoms with Crippen molar-refractivity contribution in [1.29, 1.82) is 0 Å². The monoisotopic (exact) mass is 1110 g/mol. The average molecular weight is 1110 g/mol. The van der Waals surface area contributed by atoms with Crippen LogP contribution in [0.4, 0.5) is 0 Å². The zero-order valence-corrected chi connectivity index (χ0v) is 45.3. The molecule has 84 heavy (non-hydrogen) atoms. The molecule has 0 spiro atoms. The lowest BCUT2D eigenvalue weighted by Gasteiger charge is -2.42. The molecule has 10 aromatic carbocycles. The van der Waals surface area contributed by atoms with Crippen LogP contribution in [0.2, 0.25) is 0 Å². The summed E-state index contributed by atoms with van der Waals surface area (Å²) in [5.74, 6) is 1.30. The Labute approximate surface area is 528 Å². The average Bonchev–Trinajstić information content (AvgIpc) is 1.23. The standard InChI is InChI=1S/C78H64N5O/c1-76(2,3)50-38-41-79-73(43-50)83-70-32-17-14-28-61(70)62-36-35-54(47-72(62)83)84-53-21-18-20-51(44-53)80-48-81-74-64(49-34-37-66-67(42-49)78(6,7)40-39-77(66,4)5)45-52(82-68-30-15-12-26-59(68)60-27-13-16-31-69(60)82)46-65(74)58-25-11-9-23-56(58)55-22-8-10-24-57(55)63-29-19-33-71(80)75(63)81/h8-38,41-48H,39-40H2,1-7H3/q+1/i4D3,5D3,6D3,7D3,8D,9D,10D,11D,22D,23D,24D,25D,34D,37D,39D2,40D2,42D. The number of hydrogen-bond donors (Lipinski definition) is 0. The fourth-order valence-corrected chi connectivity index (χ4v) is 12.3. The first-order valence-corrected chi connectivity index (χ1v) is 27.3. The van der Waals surface area contributed by atoms with E-state index < -0.39 is 162 Å². The number of para-hydroxylation sites is 4. The van der Waals surface area contributed by atoms with Crippen molar-refractivity contribution in [2.24, 2.45) is 0 Å². The Morgan fingerprint density at radius 2 is 1.10 bits per heavy atom. The normalized spacial score (nSPS) is 20.7. The zero-order chi connectivity index (χ0) is 80.0. The zero-order valence-electron chi connectivity index (χ0n) is 72.3. The Morgan fingerprint density at radius 3 is 1.77 bits per heavy atom.